The van der Waals surface area contributed by atoms with E-state index < -0.39 is 0 Å². The van der Waals surface area contributed by atoms with Crippen molar-refractivity contribution in [3.63, 3.8) is 0 Å². The quantitative estimate of drug-likeness (QED) is 0.469. The predicted molar refractivity (Wildman–Crippen MR) is 103 cm³/mol. The van der Waals surface area contributed by atoms with Crippen LogP contribution in [-0.4, -0.2) is 16.5 Å². The van der Waals surface area contributed by atoms with E-state index in [1.165, 1.54) is 18.4 Å². The van der Waals surface area contributed by atoms with Crippen molar-refractivity contribution in [3.8, 4) is 5.75 Å². The lowest BCUT2D eigenvalue weighted by Crippen LogP contribution is -2.22. The molecule has 0 spiro atoms. The van der Waals surface area contributed by atoms with E-state index >= 15 is 0 Å². The fourth-order valence-electron chi connectivity index (χ4n) is 2.97. The fraction of sp³-hybridized carbons (Fsp3) is 0.0556. The third-order valence-electron chi connectivity index (χ3n) is 4.08. The second kappa shape index (κ2) is 5.52. The third-order valence-corrected chi connectivity index (χ3v) is 5.83. The molecule has 0 aliphatic heterocycles. The molecule has 0 saturated carbocycles. The van der Waals surface area contributed by atoms with Crippen LogP contribution in [0, 0.1) is 0 Å². The van der Waals surface area contributed by atoms with Gasteiger partial charge >= 0.3 is 4.94 Å². The molecule has 0 aliphatic rings. The Morgan fingerprint density at radius 1 is 1.19 bits per heavy atom. The van der Waals surface area contributed by atoms with E-state index in [1.807, 2.05) is 30.3 Å². The number of hydrogen-bond acceptors (Lipinski definition) is 7. The van der Waals surface area contributed by atoms with Gasteiger partial charge in [0.15, 0.2) is 16.3 Å². The zero-order valence-electron chi connectivity index (χ0n) is 13.4. The Labute approximate surface area is 153 Å². The lowest BCUT2D eigenvalue weighted by atomic mass is 10.2. The minimum absolute atomic E-state index is 0.113. The van der Waals surface area contributed by atoms with E-state index in [2.05, 4.69) is 4.98 Å². The molecule has 0 fully saturated rings. The second-order valence-corrected chi connectivity index (χ2v) is 7.63. The molecule has 0 amide bonds. The summed E-state index contributed by atoms with van der Waals surface area (Å²) >= 11 is 2.33. The number of nitrogens with zero attached hydrogens (tertiary/aromatic N) is 2. The summed E-state index contributed by atoms with van der Waals surface area (Å²) in [6.07, 6.45) is 1.78. The van der Waals surface area contributed by atoms with Crippen molar-refractivity contribution in [2.24, 2.45) is 0 Å². The van der Waals surface area contributed by atoms with Crippen molar-refractivity contribution in [2.75, 3.05) is 7.11 Å². The highest BCUT2D eigenvalue weighted by Gasteiger charge is 2.13. The summed E-state index contributed by atoms with van der Waals surface area (Å²) in [5, 5.41) is 0. The van der Waals surface area contributed by atoms with Gasteiger partial charge in [-0.2, -0.15) is 0 Å². The van der Waals surface area contributed by atoms with Crippen molar-refractivity contribution >= 4 is 55.0 Å². The topological polar surface area (TPSA) is 73.8 Å². The molecule has 0 bridgehead atoms. The Kier molecular flexibility index (Phi) is 3.25. The van der Waals surface area contributed by atoms with Crippen LogP contribution in [-0.2, 0) is 0 Å². The molecule has 0 aliphatic carbocycles. The highest BCUT2D eigenvalue weighted by Crippen LogP contribution is 2.29. The van der Waals surface area contributed by atoms with Crippen LogP contribution >= 0.6 is 22.7 Å². The maximum Gasteiger partial charge on any atom is 0.396 e. The van der Waals surface area contributed by atoms with Gasteiger partial charge in [-0.15, -0.1) is 0 Å². The maximum atomic E-state index is 12.8. The number of ether oxygens (including phenoxy) is 1. The van der Waals surface area contributed by atoms with Crippen LogP contribution < -0.4 is 19.8 Å². The standard InChI is InChI=1S/C18H10N2O4S2/c1-23-12-6-9(7-13-15(12)24-18(22)26-13)8-14-16(21)20-11-5-3-2-4-10(11)19-17(20)25-14/h2-8H,1H3/b14-8+. The maximum absolute atomic E-state index is 12.8. The van der Waals surface area contributed by atoms with Crippen LogP contribution in [0.25, 0.3) is 32.4 Å². The molecule has 0 saturated heterocycles. The van der Waals surface area contributed by atoms with Gasteiger partial charge in [0.1, 0.15) is 0 Å². The number of benzene rings is 2. The Morgan fingerprint density at radius 2 is 2.04 bits per heavy atom. The molecule has 128 valence electrons. The molecule has 0 atom stereocenters. The zero-order chi connectivity index (χ0) is 17.8. The molecular weight excluding hydrogens is 372 g/mol. The Balaban J connectivity index is 1.78. The normalized spacial score (nSPS) is 12.6. The van der Waals surface area contributed by atoms with Gasteiger partial charge in [-0.25, -0.2) is 14.2 Å². The molecule has 8 heteroatoms. The van der Waals surface area contributed by atoms with Gasteiger partial charge in [0.25, 0.3) is 5.56 Å². The number of fused-ring (bicyclic) bond motifs is 4. The zero-order valence-corrected chi connectivity index (χ0v) is 15.0. The SMILES string of the molecule is COc1cc(/C=c2/sc3nc4ccccc4n3c2=O)cc2sc(=O)oc12. The molecule has 0 N–H and O–H groups in total. The van der Waals surface area contributed by atoms with Crippen molar-refractivity contribution < 1.29 is 9.15 Å². The molecule has 0 unspecified atom stereocenters. The number of thiazole rings is 1. The van der Waals surface area contributed by atoms with Gasteiger partial charge in [-0.1, -0.05) is 34.8 Å². The minimum Gasteiger partial charge on any atom is -0.493 e. The lowest BCUT2D eigenvalue weighted by Gasteiger charge is -2.01. The Morgan fingerprint density at radius 3 is 2.88 bits per heavy atom. The highest BCUT2D eigenvalue weighted by molar-refractivity contribution is 7.16. The van der Waals surface area contributed by atoms with Gasteiger partial charge < -0.3 is 9.15 Å². The van der Waals surface area contributed by atoms with Gasteiger partial charge in [0.05, 0.1) is 27.4 Å². The van der Waals surface area contributed by atoms with Crippen molar-refractivity contribution in [1.29, 1.82) is 0 Å². The van der Waals surface area contributed by atoms with E-state index in [0.717, 1.165) is 27.9 Å². The van der Waals surface area contributed by atoms with Crippen LogP contribution in [0.15, 0.2) is 50.4 Å². The van der Waals surface area contributed by atoms with Gasteiger partial charge in [0, 0.05) is 0 Å². The average Bonchev–Trinajstić information content (AvgIpc) is 3.26. The van der Waals surface area contributed by atoms with E-state index in [1.54, 1.807) is 16.5 Å². The summed E-state index contributed by atoms with van der Waals surface area (Å²) < 4.78 is 13.3. The van der Waals surface area contributed by atoms with Crippen LogP contribution in [0.3, 0.4) is 0 Å². The van der Waals surface area contributed by atoms with E-state index in [-0.39, 0.29) is 10.5 Å². The van der Waals surface area contributed by atoms with Gasteiger partial charge in [-0.05, 0) is 35.9 Å². The first-order chi connectivity index (χ1) is 12.6. The molecular formula is C18H10N2O4S2. The summed E-state index contributed by atoms with van der Waals surface area (Å²) in [6, 6.07) is 11.1. The fourth-order valence-corrected chi connectivity index (χ4v) is 4.69. The number of rotatable bonds is 2. The van der Waals surface area contributed by atoms with E-state index in [4.69, 9.17) is 9.15 Å². The van der Waals surface area contributed by atoms with Crippen LogP contribution in [0.2, 0.25) is 0 Å². The van der Waals surface area contributed by atoms with Crippen molar-refractivity contribution in [1.82, 2.24) is 9.38 Å². The average molecular weight is 382 g/mol. The number of aromatic nitrogens is 2. The van der Waals surface area contributed by atoms with Crippen LogP contribution in [0.1, 0.15) is 5.56 Å². The van der Waals surface area contributed by atoms with E-state index in [9.17, 15) is 9.59 Å². The second-order valence-electron chi connectivity index (χ2n) is 5.64. The first-order valence-electron chi connectivity index (χ1n) is 7.67. The monoisotopic (exact) mass is 382 g/mol. The molecule has 26 heavy (non-hydrogen) atoms. The van der Waals surface area contributed by atoms with Crippen molar-refractivity contribution in [2.45, 2.75) is 0 Å². The van der Waals surface area contributed by atoms with Crippen LogP contribution in [0.5, 0.6) is 5.75 Å². The molecule has 3 aromatic heterocycles. The summed E-state index contributed by atoms with van der Waals surface area (Å²) in [6.45, 7) is 0. The van der Waals surface area contributed by atoms with Gasteiger partial charge in [-0.3, -0.25) is 4.79 Å². The lowest BCUT2D eigenvalue weighted by molar-refractivity contribution is 0.408. The summed E-state index contributed by atoms with van der Waals surface area (Å²) in [7, 11) is 1.51. The first-order valence-corrected chi connectivity index (χ1v) is 9.31. The summed E-state index contributed by atoms with van der Waals surface area (Å²) in [4.78, 5) is 29.1. The number of para-hydroxylation sites is 2. The highest BCUT2D eigenvalue weighted by atomic mass is 32.1. The summed E-state index contributed by atoms with van der Waals surface area (Å²) in [5.41, 5.74) is 2.67. The number of imidazole rings is 1. The summed E-state index contributed by atoms with van der Waals surface area (Å²) in [5.74, 6) is 0.464. The molecule has 3 heterocycles. The molecule has 0 radical (unpaired) electrons. The molecule has 5 rings (SSSR count). The third kappa shape index (κ3) is 2.19. The van der Waals surface area contributed by atoms with Gasteiger partial charge in [0.2, 0.25) is 0 Å². The number of methoxy groups -OCH3 is 1. The predicted octanol–water partition coefficient (Wildman–Crippen LogP) is 2.63. The minimum atomic E-state index is -0.388. The van der Waals surface area contributed by atoms with E-state index in [0.29, 0.717) is 25.5 Å². The number of hydrogen-bond donors (Lipinski definition) is 0. The van der Waals surface area contributed by atoms with Crippen molar-refractivity contribution in [3.05, 3.63) is 66.6 Å². The Bertz CT molecular complexity index is 1470. The van der Waals surface area contributed by atoms with Crippen LogP contribution in [0.4, 0.5) is 0 Å². The first kappa shape index (κ1) is 15.3. The largest absolute Gasteiger partial charge is 0.493 e. The molecule has 6 nitrogen and oxygen atoms in total. The molecule has 2 aromatic carbocycles. The molecule has 5 aromatic rings. The smallest absolute Gasteiger partial charge is 0.396 e. The Hall–Kier alpha value is -2.97.